The van der Waals surface area contributed by atoms with Crippen molar-refractivity contribution in [3.8, 4) is 5.75 Å². The molecule has 3 rings (SSSR count). The summed E-state index contributed by atoms with van der Waals surface area (Å²) in [6, 6.07) is 16.7. The number of hydrogen-bond donors (Lipinski definition) is 2. The van der Waals surface area contributed by atoms with Crippen LogP contribution in [0.25, 0.3) is 10.8 Å². The van der Waals surface area contributed by atoms with E-state index in [0.717, 1.165) is 16.8 Å². The average molecular weight is 414 g/mol. The molecule has 8 nitrogen and oxygen atoms in total. The molecular weight excluding hydrogens is 398 g/mol. The van der Waals surface area contributed by atoms with Crippen LogP contribution in [0, 0.1) is 10.1 Å². The minimum atomic E-state index is -0.893. The normalized spacial score (nSPS) is 11.5. The lowest BCUT2D eigenvalue weighted by atomic mass is 10.1. The fourth-order valence-corrected chi connectivity index (χ4v) is 2.77. The zero-order chi connectivity index (χ0) is 21.0. The molecule has 0 aliphatic rings. The summed E-state index contributed by atoms with van der Waals surface area (Å²) in [5, 5.41) is 12.8. The summed E-state index contributed by atoms with van der Waals surface area (Å²) < 4.78 is 5.62. The van der Waals surface area contributed by atoms with Gasteiger partial charge in [-0.15, -0.1) is 0 Å². The molecule has 2 amide bonds. The van der Waals surface area contributed by atoms with E-state index in [2.05, 4.69) is 10.9 Å². The van der Waals surface area contributed by atoms with Crippen LogP contribution in [0.15, 0.2) is 60.7 Å². The summed E-state index contributed by atoms with van der Waals surface area (Å²) in [5.74, 6) is -0.808. The summed E-state index contributed by atoms with van der Waals surface area (Å²) in [4.78, 5) is 34.5. The molecule has 29 heavy (non-hydrogen) atoms. The summed E-state index contributed by atoms with van der Waals surface area (Å²) in [7, 11) is 0. The van der Waals surface area contributed by atoms with Crippen molar-refractivity contribution in [2.75, 3.05) is 0 Å². The number of halogens is 1. The molecule has 0 spiro atoms. The van der Waals surface area contributed by atoms with Crippen molar-refractivity contribution in [1.29, 1.82) is 0 Å². The molecule has 2 N–H and O–H groups in total. The number of benzene rings is 3. The SMILES string of the molecule is C[C@@H](Oc1ccc2ccccc2c1)C(=O)NNC(=O)c1ccc(Cl)c([N+](=O)[O-])c1. The van der Waals surface area contributed by atoms with E-state index in [1.165, 1.54) is 19.1 Å². The van der Waals surface area contributed by atoms with Crippen molar-refractivity contribution >= 4 is 39.9 Å². The van der Waals surface area contributed by atoms with E-state index in [1.54, 1.807) is 6.07 Å². The number of ether oxygens (including phenoxy) is 1. The van der Waals surface area contributed by atoms with Crippen LogP contribution in [-0.4, -0.2) is 22.8 Å². The molecule has 3 aromatic carbocycles. The summed E-state index contributed by atoms with van der Waals surface area (Å²) >= 11 is 5.72. The van der Waals surface area contributed by atoms with Crippen molar-refractivity contribution in [2.24, 2.45) is 0 Å². The molecule has 1 atom stereocenters. The second-order valence-electron chi connectivity index (χ2n) is 6.14. The van der Waals surface area contributed by atoms with Crippen LogP contribution >= 0.6 is 11.6 Å². The van der Waals surface area contributed by atoms with Gasteiger partial charge >= 0.3 is 0 Å². The number of nitro benzene ring substituents is 1. The van der Waals surface area contributed by atoms with E-state index < -0.39 is 28.5 Å². The van der Waals surface area contributed by atoms with Gasteiger partial charge < -0.3 is 4.74 Å². The Kier molecular flexibility index (Phi) is 5.94. The van der Waals surface area contributed by atoms with E-state index >= 15 is 0 Å². The largest absolute Gasteiger partial charge is 0.481 e. The minimum Gasteiger partial charge on any atom is -0.481 e. The molecule has 0 fully saturated rings. The number of amides is 2. The first kappa shape index (κ1) is 20.1. The number of carbonyl (C=O) groups is 2. The first-order valence-electron chi connectivity index (χ1n) is 8.55. The number of rotatable bonds is 5. The van der Waals surface area contributed by atoms with Crippen LogP contribution < -0.4 is 15.6 Å². The fourth-order valence-electron chi connectivity index (χ4n) is 2.58. The van der Waals surface area contributed by atoms with E-state index in [9.17, 15) is 19.7 Å². The van der Waals surface area contributed by atoms with Crippen molar-refractivity contribution in [1.82, 2.24) is 10.9 Å². The second-order valence-corrected chi connectivity index (χ2v) is 6.54. The zero-order valence-corrected chi connectivity index (χ0v) is 16.0. The van der Waals surface area contributed by atoms with Gasteiger partial charge in [0.1, 0.15) is 10.8 Å². The van der Waals surface area contributed by atoms with Crippen molar-refractivity contribution < 1.29 is 19.2 Å². The van der Waals surface area contributed by atoms with E-state index in [4.69, 9.17) is 16.3 Å². The first-order valence-corrected chi connectivity index (χ1v) is 8.92. The highest BCUT2D eigenvalue weighted by atomic mass is 35.5. The molecule has 9 heteroatoms. The molecule has 0 radical (unpaired) electrons. The van der Waals surface area contributed by atoms with E-state index in [0.29, 0.717) is 5.75 Å². The van der Waals surface area contributed by atoms with Gasteiger partial charge in [0, 0.05) is 11.6 Å². The fraction of sp³-hybridized carbons (Fsp3) is 0.100. The summed E-state index contributed by atoms with van der Waals surface area (Å²) in [6.45, 7) is 1.53. The number of fused-ring (bicyclic) bond motifs is 1. The molecule has 0 aliphatic carbocycles. The molecule has 0 aliphatic heterocycles. The van der Waals surface area contributed by atoms with E-state index in [1.807, 2.05) is 36.4 Å². The lowest BCUT2D eigenvalue weighted by Crippen LogP contribution is -2.47. The molecule has 0 saturated heterocycles. The number of nitro groups is 1. The maximum atomic E-state index is 12.2. The monoisotopic (exact) mass is 413 g/mol. The Balaban J connectivity index is 1.60. The Labute approximate surface area is 170 Å². The maximum absolute atomic E-state index is 12.2. The number of hydrogen-bond acceptors (Lipinski definition) is 5. The Bertz CT molecular complexity index is 1100. The van der Waals surface area contributed by atoms with Gasteiger partial charge in [0.25, 0.3) is 17.5 Å². The smallest absolute Gasteiger partial charge is 0.288 e. The lowest BCUT2D eigenvalue weighted by Gasteiger charge is -2.15. The second kappa shape index (κ2) is 8.57. The van der Waals surface area contributed by atoms with Gasteiger partial charge in [-0.2, -0.15) is 0 Å². The Morgan fingerprint density at radius 3 is 2.48 bits per heavy atom. The van der Waals surface area contributed by atoms with Crippen LogP contribution in [0.2, 0.25) is 5.02 Å². The van der Waals surface area contributed by atoms with Crippen LogP contribution in [0.1, 0.15) is 17.3 Å². The van der Waals surface area contributed by atoms with Crippen molar-refractivity contribution in [3.05, 3.63) is 81.4 Å². The summed E-state index contributed by atoms with van der Waals surface area (Å²) in [6.07, 6.45) is -0.893. The third-order valence-corrected chi connectivity index (χ3v) is 4.43. The number of carbonyl (C=O) groups excluding carboxylic acids is 2. The highest BCUT2D eigenvalue weighted by Crippen LogP contribution is 2.25. The maximum Gasteiger partial charge on any atom is 0.288 e. The van der Waals surface area contributed by atoms with Crippen LogP contribution in [0.3, 0.4) is 0 Å². The number of hydrazine groups is 1. The van der Waals surface area contributed by atoms with Crippen molar-refractivity contribution in [3.63, 3.8) is 0 Å². The molecule has 3 aromatic rings. The minimum absolute atomic E-state index is 0.0236. The first-order chi connectivity index (χ1) is 13.8. The predicted molar refractivity (Wildman–Crippen MR) is 108 cm³/mol. The third kappa shape index (κ3) is 4.80. The third-order valence-electron chi connectivity index (χ3n) is 4.11. The van der Waals surface area contributed by atoms with Gasteiger partial charge in [-0.3, -0.25) is 30.6 Å². The molecule has 0 aromatic heterocycles. The van der Waals surface area contributed by atoms with Gasteiger partial charge in [0.2, 0.25) is 0 Å². The summed E-state index contributed by atoms with van der Waals surface area (Å²) in [5.41, 5.74) is 4.00. The van der Waals surface area contributed by atoms with Gasteiger partial charge in [-0.1, -0.05) is 41.9 Å². The number of nitrogens with one attached hydrogen (secondary N) is 2. The van der Waals surface area contributed by atoms with Crippen molar-refractivity contribution in [2.45, 2.75) is 13.0 Å². The highest BCUT2D eigenvalue weighted by Gasteiger charge is 2.19. The molecule has 0 unspecified atom stereocenters. The van der Waals surface area contributed by atoms with Gasteiger partial charge in [-0.25, -0.2) is 0 Å². The Hall–Kier alpha value is -3.65. The molecule has 0 bridgehead atoms. The molecular formula is C20H16ClN3O5. The average Bonchev–Trinajstić information content (AvgIpc) is 2.71. The van der Waals surface area contributed by atoms with E-state index in [-0.39, 0.29) is 10.6 Å². The quantitative estimate of drug-likeness (QED) is 0.490. The topological polar surface area (TPSA) is 111 Å². The number of nitrogens with zero attached hydrogens (tertiary/aromatic N) is 1. The zero-order valence-electron chi connectivity index (χ0n) is 15.2. The Morgan fingerprint density at radius 2 is 1.76 bits per heavy atom. The van der Waals surface area contributed by atoms with Crippen LogP contribution in [0.4, 0.5) is 5.69 Å². The van der Waals surface area contributed by atoms with Crippen LogP contribution in [-0.2, 0) is 4.79 Å². The van der Waals surface area contributed by atoms with Gasteiger partial charge in [-0.05, 0) is 42.0 Å². The van der Waals surface area contributed by atoms with Gasteiger partial charge in [0.05, 0.1) is 4.92 Å². The molecule has 148 valence electrons. The van der Waals surface area contributed by atoms with Crippen LogP contribution in [0.5, 0.6) is 5.75 Å². The lowest BCUT2D eigenvalue weighted by molar-refractivity contribution is -0.384. The molecule has 0 heterocycles. The Morgan fingerprint density at radius 1 is 1.03 bits per heavy atom. The molecule has 0 saturated carbocycles. The van der Waals surface area contributed by atoms with Gasteiger partial charge in [0.15, 0.2) is 6.10 Å². The predicted octanol–water partition coefficient (Wildman–Crippen LogP) is 3.63. The standard InChI is InChI=1S/C20H16ClN3O5/c1-12(29-16-8-6-13-4-2-3-5-14(13)10-16)19(25)22-23-20(26)15-7-9-17(21)18(11-15)24(27)28/h2-12H,1H3,(H,22,25)(H,23,26)/t12-/m1/s1. The highest BCUT2D eigenvalue weighted by molar-refractivity contribution is 6.32.